The van der Waals surface area contributed by atoms with Crippen LogP contribution in [0.5, 0.6) is 0 Å². The first kappa shape index (κ1) is 30.0. The van der Waals surface area contributed by atoms with Crippen LogP contribution in [0.3, 0.4) is 0 Å². The third-order valence-corrected chi connectivity index (χ3v) is 10.2. The molecule has 0 aliphatic carbocycles. The van der Waals surface area contributed by atoms with Gasteiger partial charge < -0.3 is 22.1 Å². The highest BCUT2D eigenvalue weighted by Crippen LogP contribution is 2.25. The average Bonchev–Trinajstić information content (AvgIpc) is 3.02. The van der Waals surface area contributed by atoms with Gasteiger partial charge in [0.05, 0.1) is 19.6 Å². The second-order valence-corrected chi connectivity index (χ2v) is 13.6. The molecule has 0 aliphatic rings. The summed E-state index contributed by atoms with van der Waals surface area (Å²) in [6, 6.07) is 29.1. The lowest BCUT2D eigenvalue weighted by atomic mass is 10.1. The van der Waals surface area contributed by atoms with Crippen molar-refractivity contribution in [3.05, 3.63) is 132 Å². The summed E-state index contributed by atoms with van der Waals surface area (Å²) in [7, 11) is -7.53. The Kier molecular flexibility index (Phi) is 8.21. The first-order valence-corrected chi connectivity index (χ1v) is 16.0. The van der Waals surface area contributed by atoms with Crippen LogP contribution in [0.15, 0.2) is 141 Å². The van der Waals surface area contributed by atoms with Gasteiger partial charge in [0.1, 0.15) is 0 Å². The predicted octanol–water partition coefficient (Wildman–Crippen LogP) is 5.02. The minimum Gasteiger partial charge on any atom is -0.399 e. The number of nitrogens with one attached hydrogen (secondary N) is 2. The molecule has 0 aromatic heterocycles. The number of sulfone groups is 2. The molecule has 5 aromatic carbocycles. The summed E-state index contributed by atoms with van der Waals surface area (Å²) >= 11 is 0. The van der Waals surface area contributed by atoms with Crippen molar-refractivity contribution in [2.45, 2.75) is 19.6 Å². The fourth-order valence-electron chi connectivity index (χ4n) is 4.21. The molecule has 2 amide bonds. The molecule has 44 heavy (non-hydrogen) atoms. The van der Waals surface area contributed by atoms with Gasteiger partial charge in [-0.05, 0) is 115 Å². The molecular formula is C32H26N4O6S2. The van der Waals surface area contributed by atoms with Crippen LogP contribution >= 0.6 is 0 Å². The molecule has 0 aliphatic heterocycles. The quantitative estimate of drug-likeness (QED) is 0.173. The number of anilines is 4. The number of carbonyl (C=O) groups is 2. The third kappa shape index (κ3) is 6.46. The van der Waals surface area contributed by atoms with E-state index in [1.807, 2.05) is 0 Å². The van der Waals surface area contributed by atoms with E-state index in [0.717, 1.165) is 0 Å². The van der Waals surface area contributed by atoms with Crippen molar-refractivity contribution in [1.82, 2.24) is 0 Å². The first-order valence-electron chi connectivity index (χ1n) is 13.1. The number of hydrogen-bond donors (Lipinski definition) is 4. The van der Waals surface area contributed by atoms with Crippen LogP contribution in [0.4, 0.5) is 22.7 Å². The van der Waals surface area contributed by atoms with E-state index in [1.165, 1.54) is 115 Å². The van der Waals surface area contributed by atoms with E-state index in [4.69, 9.17) is 11.5 Å². The van der Waals surface area contributed by atoms with Crippen LogP contribution in [0.2, 0.25) is 0 Å². The third-order valence-electron chi connectivity index (χ3n) is 6.61. The average molecular weight is 627 g/mol. The fraction of sp³-hybridized carbons (Fsp3) is 0. The normalized spacial score (nSPS) is 11.5. The van der Waals surface area contributed by atoms with E-state index in [-0.39, 0.29) is 30.7 Å². The molecule has 0 heterocycles. The molecule has 0 atom stereocenters. The van der Waals surface area contributed by atoms with Crippen LogP contribution in [-0.2, 0) is 19.7 Å². The smallest absolute Gasteiger partial charge is 0.255 e. The summed E-state index contributed by atoms with van der Waals surface area (Å²) in [5.41, 5.74) is 13.3. The number of nitrogens with two attached hydrogens (primary N) is 2. The van der Waals surface area contributed by atoms with Crippen LogP contribution < -0.4 is 22.1 Å². The van der Waals surface area contributed by atoms with Crippen LogP contribution in [0.1, 0.15) is 20.7 Å². The molecule has 0 saturated heterocycles. The molecule has 0 radical (unpaired) electrons. The molecule has 5 aromatic rings. The van der Waals surface area contributed by atoms with E-state index < -0.39 is 31.5 Å². The van der Waals surface area contributed by atoms with Gasteiger partial charge in [0.15, 0.2) is 0 Å². The van der Waals surface area contributed by atoms with Gasteiger partial charge in [-0.25, -0.2) is 16.8 Å². The summed E-state index contributed by atoms with van der Waals surface area (Å²) in [5, 5.41) is 5.38. The summed E-state index contributed by atoms with van der Waals surface area (Å²) in [5.74, 6) is -1.02. The van der Waals surface area contributed by atoms with E-state index in [2.05, 4.69) is 10.6 Å². The van der Waals surface area contributed by atoms with Gasteiger partial charge in [0.2, 0.25) is 19.7 Å². The van der Waals surface area contributed by atoms with Crippen molar-refractivity contribution < 1.29 is 26.4 Å². The lowest BCUT2D eigenvalue weighted by Crippen LogP contribution is -2.15. The number of nitrogen functional groups attached to an aromatic ring is 2. The van der Waals surface area contributed by atoms with E-state index in [0.29, 0.717) is 22.7 Å². The fourth-order valence-corrected chi connectivity index (χ4v) is 6.73. The van der Waals surface area contributed by atoms with E-state index in [9.17, 15) is 26.4 Å². The zero-order chi connectivity index (χ0) is 31.5. The lowest BCUT2D eigenvalue weighted by molar-refractivity contribution is 0.102. The molecule has 0 bridgehead atoms. The van der Waals surface area contributed by atoms with Gasteiger partial charge in [0, 0.05) is 33.9 Å². The second kappa shape index (κ2) is 12.0. The Labute approximate surface area is 254 Å². The highest BCUT2D eigenvalue weighted by molar-refractivity contribution is 7.91. The second-order valence-electron chi connectivity index (χ2n) is 9.68. The van der Waals surface area contributed by atoms with Crippen LogP contribution in [-0.4, -0.2) is 28.6 Å². The van der Waals surface area contributed by atoms with E-state index >= 15 is 0 Å². The van der Waals surface area contributed by atoms with Crippen molar-refractivity contribution in [3.8, 4) is 0 Å². The molecule has 6 N–H and O–H groups in total. The Morgan fingerprint density at radius 3 is 1.07 bits per heavy atom. The predicted molar refractivity (Wildman–Crippen MR) is 168 cm³/mol. The Morgan fingerprint density at radius 2 is 0.750 bits per heavy atom. The van der Waals surface area contributed by atoms with Gasteiger partial charge in [-0.15, -0.1) is 0 Å². The molecule has 10 nitrogen and oxygen atoms in total. The lowest BCUT2D eigenvalue weighted by Gasteiger charge is -2.10. The van der Waals surface area contributed by atoms with Gasteiger partial charge in [-0.3, -0.25) is 9.59 Å². The Bertz CT molecular complexity index is 1910. The molecule has 12 heteroatoms. The van der Waals surface area contributed by atoms with Crippen molar-refractivity contribution in [2.24, 2.45) is 0 Å². The molecule has 0 unspecified atom stereocenters. The maximum atomic E-state index is 12.9. The van der Waals surface area contributed by atoms with Gasteiger partial charge >= 0.3 is 0 Å². The van der Waals surface area contributed by atoms with Crippen molar-refractivity contribution >= 4 is 54.2 Å². The maximum absolute atomic E-state index is 12.9. The SMILES string of the molecule is Nc1ccc(S(=O)(=O)c2ccc(NC(=O)c3cccc(C(=O)Nc4ccc(S(=O)(=O)c5ccc(N)cc5)cc4)c3)cc2)cc1. The minimum atomic E-state index is -3.76. The standard InChI is InChI=1S/C32H26N4O6S2/c33-23-4-12-27(13-5-23)43(39,40)29-16-8-25(9-17-29)35-31(37)21-2-1-3-22(20-21)32(38)36-26-10-18-30(19-11-26)44(41,42)28-14-6-24(34)7-15-28/h1-20H,33-34H2,(H,35,37)(H,36,38). The Hall–Kier alpha value is -5.46. The topological polar surface area (TPSA) is 179 Å². The minimum absolute atomic E-state index is 0.0508. The monoisotopic (exact) mass is 626 g/mol. The van der Waals surface area contributed by atoms with Crippen molar-refractivity contribution in [3.63, 3.8) is 0 Å². The number of hydrogen-bond acceptors (Lipinski definition) is 8. The number of carbonyl (C=O) groups excluding carboxylic acids is 2. The number of rotatable bonds is 8. The van der Waals surface area contributed by atoms with Gasteiger partial charge in [0.25, 0.3) is 11.8 Å². The Morgan fingerprint density at radius 1 is 0.455 bits per heavy atom. The summed E-state index contributed by atoms with van der Waals surface area (Å²) in [6.07, 6.45) is 0. The summed E-state index contributed by atoms with van der Waals surface area (Å²) in [4.78, 5) is 26.1. The number of benzene rings is 5. The molecule has 0 spiro atoms. The molecule has 0 saturated carbocycles. The Balaban J connectivity index is 1.24. The van der Waals surface area contributed by atoms with Gasteiger partial charge in [-0.1, -0.05) is 6.07 Å². The molecule has 0 fully saturated rings. The van der Waals surface area contributed by atoms with Crippen molar-refractivity contribution in [1.29, 1.82) is 0 Å². The molecule has 5 rings (SSSR count). The summed E-state index contributed by atoms with van der Waals surface area (Å²) < 4.78 is 51.5. The highest BCUT2D eigenvalue weighted by atomic mass is 32.2. The van der Waals surface area contributed by atoms with Gasteiger partial charge in [-0.2, -0.15) is 0 Å². The van der Waals surface area contributed by atoms with Crippen LogP contribution in [0, 0.1) is 0 Å². The summed E-state index contributed by atoms with van der Waals surface area (Å²) in [6.45, 7) is 0. The maximum Gasteiger partial charge on any atom is 0.255 e. The molecular weight excluding hydrogens is 601 g/mol. The number of amides is 2. The first-order chi connectivity index (χ1) is 20.9. The molecule has 222 valence electrons. The van der Waals surface area contributed by atoms with Crippen molar-refractivity contribution in [2.75, 3.05) is 22.1 Å². The zero-order valence-electron chi connectivity index (χ0n) is 23.0. The van der Waals surface area contributed by atoms with Crippen LogP contribution in [0.25, 0.3) is 0 Å². The van der Waals surface area contributed by atoms with E-state index in [1.54, 1.807) is 6.07 Å². The largest absolute Gasteiger partial charge is 0.399 e. The highest BCUT2D eigenvalue weighted by Gasteiger charge is 2.19. The zero-order valence-corrected chi connectivity index (χ0v) is 24.6.